The first-order valence-electron chi connectivity index (χ1n) is 12.8. The van der Waals surface area contributed by atoms with Gasteiger partial charge in [-0.3, -0.25) is 15.0 Å². The molecule has 198 valence electrons. The Morgan fingerprint density at radius 1 is 0.795 bits per heavy atom. The first kappa shape index (κ1) is 26.7. The monoisotopic (exact) mass is 537 g/mol. The van der Waals surface area contributed by atoms with E-state index in [-0.39, 0.29) is 0 Å². The fourth-order valence-electron chi connectivity index (χ4n) is 4.71. The van der Waals surface area contributed by atoms with Crippen molar-refractivity contribution < 1.29 is 13.5 Å². The zero-order valence-electron chi connectivity index (χ0n) is 22.5. The summed E-state index contributed by atoms with van der Waals surface area (Å²) in [5, 5.41) is 10.8. The van der Waals surface area contributed by atoms with Crippen LogP contribution in [0.25, 0.3) is 44.5 Å². The number of sulfone groups is 1. The molecule has 0 bridgehead atoms. The Bertz CT molecular complexity index is 1760. The number of hydrogen-bond acceptors (Lipinski definition) is 6. The maximum absolute atomic E-state index is 12.1. The van der Waals surface area contributed by atoms with E-state index in [1.807, 2.05) is 66.7 Å². The van der Waals surface area contributed by atoms with Crippen LogP contribution in [0.15, 0.2) is 91.4 Å². The SMILES string of the molecule is CC(Cc1cc(-c2cccc(-c3nccnc3-c3ccc(C(C)(C)O)cc3)c2)c2ncccc2c1)S(C)(=O)=O. The Hall–Kier alpha value is -3.94. The van der Waals surface area contributed by atoms with Crippen molar-refractivity contribution in [3.63, 3.8) is 0 Å². The predicted octanol–water partition coefficient (Wildman–Crippen LogP) is 6.23. The van der Waals surface area contributed by atoms with E-state index in [9.17, 15) is 13.5 Å². The van der Waals surface area contributed by atoms with Crippen LogP contribution in [0.1, 0.15) is 31.9 Å². The number of fused-ring (bicyclic) bond motifs is 1. The molecule has 0 amide bonds. The molecule has 0 fully saturated rings. The number of rotatable bonds is 7. The summed E-state index contributed by atoms with van der Waals surface area (Å²) in [6, 6.07) is 23.8. The zero-order valence-corrected chi connectivity index (χ0v) is 23.3. The van der Waals surface area contributed by atoms with Crippen molar-refractivity contribution in [3.8, 4) is 33.6 Å². The summed E-state index contributed by atoms with van der Waals surface area (Å²) in [7, 11) is -3.16. The second kappa shape index (κ2) is 10.3. The smallest absolute Gasteiger partial charge is 0.150 e. The fraction of sp³-hybridized carbons (Fsp3) is 0.219. The minimum absolute atomic E-state index is 0.422. The van der Waals surface area contributed by atoms with Crippen molar-refractivity contribution in [3.05, 3.63) is 103 Å². The molecule has 0 saturated carbocycles. The molecule has 2 heterocycles. The van der Waals surface area contributed by atoms with E-state index < -0.39 is 20.7 Å². The van der Waals surface area contributed by atoms with Crippen molar-refractivity contribution in [1.82, 2.24) is 15.0 Å². The topological polar surface area (TPSA) is 93.0 Å². The molecule has 3 aromatic carbocycles. The molecule has 39 heavy (non-hydrogen) atoms. The summed E-state index contributed by atoms with van der Waals surface area (Å²) in [5.41, 5.74) is 6.88. The maximum Gasteiger partial charge on any atom is 0.150 e. The minimum atomic E-state index is -3.16. The summed E-state index contributed by atoms with van der Waals surface area (Å²) in [5.74, 6) is 0. The largest absolute Gasteiger partial charge is 0.386 e. The number of aromatic nitrogens is 3. The van der Waals surface area contributed by atoms with Gasteiger partial charge in [0.25, 0.3) is 0 Å². The average Bonchev–Trinajstić information content (AvgIpc) is 2.92. The van der Waals surface area contributed by atoms with Gasteiger partial charge in [-0.25, -0.2) is 8.42 Å². The second-order valence-electron chi connectivity index (χ2n) is 10.5. The number of aliphatic hydroxyl groups is 1. The predicted molar refractivity (Wildman–Crippen MR) is 157 cm³/mol. The van der Waals surface area contributed by atoms with Crippen LogP contribution in [-0.2, 0) is 21.9 Å². The normalized spacial score (nSPS) is 12.9. The minimum Gasteiger partial charge on any atom is -0.386 e. The Balaban J connectivity index is 1.60. The number of hydrogen-bond donors (Lipinski definition) is 1. The van der Waals surface area contributed by atoms with Crippen LogP contribution in [0.3, 0.4) is 0 Å². The third-order valence-corrected chi connectivity index (χ3v) is 8.66. The van der Waals surface area contributed by atoms with Crippen LogP contribution in [-0.4, -0.2) is 40.0 Å². The number of pyridine rings is 1. The van der Waals surface area contributed by atoms with Crippen LogP contribution >= 0.6 is 0 Å². The van der Waals surface area contributed by atoms with E-state index in [4.69, 9.17) is 0 Å². The molecule has 6 nitrogen and oxygen atoms in total. The molecule has 2 aromatic heterocycles. The van der Waals surface area contributed by atoms with Crippen molar-refractivity contribution in [2.45, 2.75) is 38.0 Å². The molecule has 0 spiro atoms. The van der Waals surface area contributed by atoms with Crippen molar-refractivity contribution in [1.29, 1.82) is 0 Å². The first-order chi connectivity index (χ1) is 18.5. The molecule has 5 aromatic rings. The Morgan fingerprint density at radius 2 is 1.46 bits per heavy atom. The lowest BCUT2D eigenvalue weighted by atomic mass is 9.94. The van der Waals surface area contributed by atoms with Crippen LogP contribution in [0, 0.1) is 0 Å². The maximum atomic E-state index is 12.1. The summed E-state index contributed by atoms with van der Waals surface area (Å²) in [6.45, 7) is 5.26. The summed E-state index contributed by atoms with van der Waals surface area (Å²) >= 11 is 0. The van der Waals surface area contributed by atoms with Gasteiger partial charge in [0.05, 0.1) is 27.8 Å². The lowest BCUT2D eigenvalue weighted by Gasteiger charge is -2.18. The molecule has 0 radical (unpaired) electrons. The zero-order chi connectivity index (χ0) is 27.8. The van der Waals surface area contributed by atoms with Gasteiger partial charge in [0, 0.05) is 46.9 Å². The fourth-order valence-corrected chi connectivity index (χ4v) is 5.20. The summed E-state index contributed by atoms with van der Waals surface area (Å²) < 4.78 is 24.3. The first-order valence-corrected chi connectivity index (χ1v) is 14.8. The van der Waals surface area contributed by atoms with Gasteiger partial charge in [0.2, 0.25) is 0 Å². The molecular formula is C32H31N3O3S. The highest BCUT2D eigenvalue weighted by atomic mass is 32.2. The van der Waals surface area contributed by atoms with E-state index in [0.29, 0.717) is 6.42 Å². The Labute approximate surface area is 229 Å². The van der Waals surface area contributed by atoms with Gasteiger partial charge in [-0.1, -0.05) is 48.5 Å². The van der Waals surface area contributed by atoms with Crippen LogP contribution in [0.5, 0.6) is 0 Å². The van der Waals surface area contributed by atoms with E-state index in [1.165, 1.54) is 6.26 Å². The molecule has 0 aliphatic heterocycles. The van der Waals surface area contributed by atoms with E-state index in [2.05, 4.69) is 21.0 Å². The van der Waals surface area contributed by atoms with E-state index in [1.54, 1.807) is 39.4 Å². The average molecular weight is 538 g/mol. The quantitative estimate of drug-likeness (QED) is 0.265. The molecule has 1 atom stereocenters. The molecule has 1 unspecified atom stereocenters. The van der Waals surface area contributed by atoms with Gasteiger partial charge >= 0.3 is 0 Å². The van der Waals surface area contributed by atoms with E-state index >= 15 is 0 Å². The number of nitrogens with zero attached hydrogens (tertiary/aromatic N) is 3. The highest BCUT2D eigenvalue weighted by molar-refractivity contribution is 7.91. The van der Waals surface area contributed by atoms with Gasteiger partial charge in [0.15, 0.2) is 0 Å². The van der Waals surface area contributed by atoms with Crippen LogP contribution in [0.4, 0.5) is 0 Å². The molecule has 0 saturated heterocycles. The standard InChI is InChI=1S/C32H31N3O3S/c1-21(39(4,37)38)17-22-18-25-9-6-14-33-29(25)28(19-22)24-7-5-8-26(20-24)31-30(34-15-16-35-31)23-10-12-27(13-11-23)32(2,3)36/h5-16,18-21,36H,17H2,1-4H3. The van der Waals surface area contributed by atoms with Gasteiger partial charge in [-0.05, 0) is 68.1 Å². The lowest BCUT2D eigenvalue weighted by molar-refractivity contribution is 0.0786. The highest BCUT2D eigenvalue weighted by Gasteiger charge is 2.19. The summed E-state index contributed by atoms with van der Waals surface area (Å²) in [6.07, 6.45) is 6.83. The van der Waals surface area contributed by atoms with Gasteiger partial charge in [0.1, 0.15) is 9.84 Å². The molecule has 7 heteroatoms. The molecule has 5 rings (SSSR count). The number of benzene rings is 3. The van der Waals surface area contributed by atoms with Crippen molar-refractivity contribution >= 4 is 20.7 Å². The molecular weight excluding hydrogens is 506 g/mol. The Kier molecular flexibility index (Phi) is 7.05. The second-order valence-corrected chi connectivity index (χ2v) is 13.0. The summed E-state index contributed by atoms with van der Waals surface area (Å²) in [4.78, 5) is 14.0. The lowest BCUT2D eigenvalue weighted by Crippen LogP contribution is -2.18. The van der Waals surface area contributed by atoms with Crippen LogP contribution < -0.4 is 0 Å². The third kappa shape index (κ3) is 5.75. The van der Waals surface area contributed by atoms with Gasteiger partial charge < -0.3 is 5.11 Å². The van der Waals surface area contributed by atoms with Gasteiger partial charge in [-0.2, -0.15) is 0 Å². The molecule has 0 aliphatic rings. The van der Waals surface area contributed by atoms with Crippen molar-refractivity contribution in [2.75, 3.05) is 6.26 Å². The van der Waals surface area contributed by atoms with E-state index in [0.717, 1.165) is 55.7 Å². The third-order valence-electron chi connectivity index (χ3n) is 7.03. The Morgan fingerprint density at radius 3 is 2.13 bits per heavy atom. The van der Waals surface area contributed by atoms with Gasteiger partial charge in [-0.15, -0.1) is 0 Å². The van der Waals surface area contributed by atoms with Crippen LogP contribution in [0.2, 0.25) is 0 Å². The molecule has 0 aliphatic carbocycles. The molecule has 1 N–H and O–H groups in total. The highest BCUT2D eigenvalue weighted by Crippen LogP contribution is 2.35. The van der Waals surface area contributed by atoms with Crippen molar-refractivity contribution in [2.24, 2.45) is 0 Å².